The second-order valence-electron chi connectivity index (χ2n) is 5.91. The lowest BCUT2D eigenvalue weighted by Crippen LogP contribution is -2.46. The van der Waals surface area contributed by atoms with Gasteiger partial charge in [0.2, 0.25) is 0 Å². The first kappa shape index (κ1) is 19.5. The van der Waals surface area contributed by atoms with E-state index in [0.29, 0.717) is 5.39 Å². The highest BCUT2D eigenvalue weighted by molar-refractivity contribution is 5.87. The Morgan fingerprint density at radius 3 is 2.79 bits per heavy atom. The zero-order valence-electron chi connectivity index (χ0n) is 14.0. The molecule has 0 radical (unpaired) electrons. The average Bonchev–Trinajstić information content (AvgIpc) is 2.63. The minimum absolute atomic E-state index is 0.120. The van der Waals surface area contributed by atoms with Crippen LogP contribution in [0.3, 0.4) is 0 Å². The van der Waals surface area contributed by atoms with E-state index in [1.807, 2.05) is 0 Å². The quantitative estimate of drug-likeness (QED) is 0.484. The molecule has 0 fully saturated rings. The molecule has 28 heavy (non-hydrogen) atoms. The third kappa shape index (κ3) is 4.01. The molecule has 3 rings (SSSR count). The first-order valence-corrected chi connectivity index (χ1v) is 7.88. The van der Waals surface area contributed by atoms with E-state index in [-0.39, 0.29) is 28.9 Å². The van der Waals surface area contributed by atoms with Crippen LogP contribution >= 0.6 is 0 Å². The standard InChI is InChI=1S/C17H13N2O9/c18-7-10-3-8-1-2-11(6-12(8)27-17(10)23)26-13-4-9(16(21)22)5-14(15(13)20)28-19(24)25/h1-3,5-6,13-15,20,24H,4H2,(H,21,22)/q-1. The molecule has 1 aliphatic rings. The molecule has 1 aliphatic carbocycles. The summed E-state index contributed by atoms with van der Waals surface area (Å²) in [5.74, 6) is -1.17. The second kappa shape index (κ2) is 7.77. The fraction of sp³-hybridized carbons (Fsp3) is 0.235. The van der Waals surface area contributed by atoms with Crippen LogP contribution in [0.4, 0.5) is 0 Å². The number of aliphatic hydroxyl groups excluding tert-OH is 1. The van der Waals surface area contributed by atoms with Crippen molar-refractivity contribution in [1.82, 2.24) is 5.39 Å². The van der Waals surface area contributed by atoms with Gasteiger partial charge >= 0.3 is 11.6 Å². The van der Waals surface area contributed by atoms with Crippen LogP contribution < -0.4 is 10.4 Å². The van der Waals surface area contributed by atoms with Gasteiger partial charge in [-0.2, -0.15) is 5.26 Å². The van der Waals surface area contributed by atoms with Crippen molar-refractivity contribution in [2.75, 3.05) is 0 Å². The number of carboxylic acid groups (broad SMARTS) is 1. The Balaban J connectivity index is 1.89. The molecule has 0 saturated heterocycles. The minimum atomic E-state index is -1.48. The molecule has 3 atom stereocenters. The van der Waals surface area contributed by atoms with Crippen LogP contribution in [0.2, 0.25) is 0 Å². The van der Waals surface area contributed by atoms with E-state index in [4.69, 9.17) is 19.6 Å². The lowest BCUT2D eigenvalue weighted by Gasteiger charge is -2.35. The SMILES string of the molecule is N#Cc1cc2ccc(OC3CC(C(=O)O)=CC(ON([O-])O)C3O)cc2oc1=O. The molecular weight excluding hydrogens is 376 g/mol. The van der Waals surface area contributed by atoms with Crippen LogP contribution in [0.25, 0.3) is 11.0 Å². The highest BCUT2D eigenvalue weighted by Gasteiger charge is 2.37. The summed E-state index contributed by atoms with van der Waals surface area (Å²) < 4.78 is 10.6. The van der Waals surface area contributed by atoms with Crippen molar-refractivity contribution in [1.29, 1.82) is 5.26 Å². The van der Waals surface area contributed by atoms with Crippen LogP contribution in [0, 0.1) is 16.5 Å². The van der Waals surface area contributed by atoms with Gasteiger partial charge in [-0.1, -0.05) is 0 Å². The summed E-state index contributed by atoms with van der Waals surface area (Å²) in [7, 11) is 0. The molecule has 3 unspecified atom stereocenters. The average molecular weight is 389 g/mol. The lowest BCUT2D eigenvalue weighted by molar-refractivity contribution is -0.334. The third-order valence-electron chi connectivity index (χ3n) is 4.11. The van der Waals surface area contributed by atoms with Gasteiger partial charge in [-0.25, -0.2) is 9.59 Å². The van der Waals surface area contributed by atoms with Gasteiger partial charge in [0.25, 0.3) is 0 Å². The summed E-state index contributed by atoms with van der Waals surface area (Å²) in [5.41, 5.74) is -1.05. The predicted molar refractivity (Wildman–Crippen MR) is 89.8 cm³/mol. The number of benzene rings is 1. The van der Waals surface area contributed by atoms with Gasteiger partial charge in [-0.15, -0.1) is 5.39 Å². The minimum Gasteiger partial charge on any atom is -0.738 e. The van der Waals surface area contributed by atoms with Gasteiger partial charge in [-0.3, -0.25) is 4.84 Å². The predicted octanol–water partition coefficient (Wildman–Crippen LogP) is 0.677. The number of rotatable bonds is 5. The van der Waals surface area contributed by atoms with E-state index >= 15 is 0 Å². The van der Waals surface area contributed by atoms with Crippen LogP contribution in [-0.2, 0) is 9.63 Å². The second-order valence-corrected chi connectivity index (χ2v) is 5.91. The molecule has 0 spiro atoms. The fourth-order valence-corrected chi connectivity index (χ4v) is 2.80. The summed E-state index contributed by atoms with van der Waals surface area (Å²) in [5, 5.41) is 47.3. The largest absolute Gasteiger partial charge is 0.738 e. The van der Waals surface area contributed by atoms with Gasteiger partial charge in [0.15, 0.2) is 0 Å². The van der Waals surface area contributed by atoms with E-state index in [9.17, 15) is 25.0 Å². The molecule has 146 valence electrons. The molecule has 0 saturated carbocycles. The number of hydrogen-bond acceptors (Lipinski definition) is 10. The number of aliphatic hydroxyl groups is 1. The van der Waals surface area contributed by atoms with Crippen LogP contribution in [-0.4, -0.2) is 45.1 Å². The molecule has 1 heterocycles. The van der Waals surface area contributed by atoms with E-state index < -0.39 is 35.3 Å². The van der Waals surface area contributed by atoms with Crippen molar-refractivity contribution in [3.05, 3.63) is 57.1 Å². The molecule has 1 aromatic heterocycles. The Kier molecular flexibility index (Phi) is 5.41. The Morgan fingerprint density at radius 2 is 2.14 bits per heavy atom. The van der Waals surface area contributed by atoms with Gasteiger partial charge in [0, 0.05) is 23.4 Å². The molecule has 0 aliphatic heterocycles. The van der Waals surface area contributed by atoms with Crippen molar-refractivity contribution in [3.8, 4) is 11.8 Å². The maximum Gasteiger partial charge on any atom is 0.354 e. The van der Waals surface area contributed by atoms with E-state index in [0.717, 1.165) is 6.08 Å². The Bertz CT molecular complexity index is 1040. The lowest BCUT2D eigenvalue weighted by atomic mass is 9.92. The number of hydrogen-bond donors (Lipinski definition) is 3. The van der Waals surface area contributed by atoms with Crippen molar-refractivity contribution in [2.24, 2.45) is 0 Å². The van der Waals surface area contributed by atoms with Gasteiger partial charge in [-0.05, 0) is 24.3 Å². The summed E-state index contributed by atoms with van der Waals surface area (Å²) in [6.45, 7) is 0. The number of nitriles is 1. The number of carbonyl (C=O) groups is 1. The molecule has 11 heteroatoms. The van der Waals surface area contributed by atoms with Crippen LogP contribution in [0.5, 0.6) is 5.75 Å². The summed E-state index contributed by atoms with van der Waals surface area (Å²) in [4.78, 5) is 27.4. The normalized spacial score (nSPS) is 22.0. The third-order valence-corrected chi connectivity index (χ3v) is 4.11. The van der Waals surface area contributed by atoms with Crippen LogP contribution in [0.1, 0.15) is 12.0 Å². The van der Waals surface area contributed by atoms with Gasteiger partial charge in [0.05, 0.1) is 0 Å². The van der Waals surface area contributed by atoms with Gasteiger partial charge < -0.3 is 29.8 Å². The summed E-state index contributed by atoms with van der Waals surface area (Å²) in [6, 6.07) is 7.38. The number of aliphatic carboxylic acids is 1. The highest BCUT2D eigenvalue weighted by atomic mass is 17.1. The van der Waals surface area contributed by atoms with Crippen molar-refractivity contribution < 1.29 is 34.2 Å². The smallest absolute Gasteiger partial charge is 0.354 e. The maximum atomic E-state index is 11.7. The molecule has 2 aromatic rings. The number of carboxylic acids is 1. The van der Waals surface area contributed by atoms with Crippen LogP contribution in [0.15, 0.2) is 45.1 Å². The molecule has 0 bridgehead atoms. The molecule has 1 aromatic carbocycles. The first-order valence-electron chi connectivity index (χ1n) is 7.88. The number of nitrogens with zero attached hydrogens (tertiary/aromatic N) is 2. The van der Waals surface area contributed by atoms with Crippen molar-refractivity contribution in [2.45, 2.75) is 24.7 Å². The topological polar surface area (TPSA) is 177 Å². The van der Waals surface area contributed by atoms with E-state index in [1.54, 1.807) is 6.07 Å². The van der Waals surface area contributed by atoms with E-state index in [1.165, 1.54) is 24.3 Å². The Hall–Kier alpha value is -3.27. The van der Waals surface area contributed by atoms with Crippen molar-refractivity contribution >= 4 is 16.9 Å². The van der Waals surface area contributed by atoms with E-state index in [2.05, 4.69) is 4.84 Å². The highest BCUT2D eigenvalue weighted by Crippen LogP contribution is 2.28. The zero-order valence-corrected chi connectivity index (χ0v) is 14.0. The monoisotopic (exact) mass is 389 g/mol. The molecule has 11 nitrogen and oxygen atoms in total. The molecular formula is C17H13N2O9-. The maximum absolute atomic E-state index is 11.7. The van der Waals surface area contributed by atoms with Gasteiger partial charge in [0.1, 0.15) is 41.3 Å². The summed E-state index contributed by atoms with van der Waals surface area (Å²) >= 11 is 0. The number of ether oxygens (including phenoxy) is 1. The van der Waals surface area contributed by atoms with Crippen molar-refractivity contribution in [3.63, 3.8) is 0 Å². The fourth-order valence-electron chi connectivity index (χ4n) is 2.80. The Morgan fingerprint density at radius 1 is 1.39 bits per heavy atom. The summed E-state index contributed by atoms with van der Waals surface area (Å²) in [6.07, 6.45) is -3.28. The Labute approximate surface area is 156 Å². The first-order chi connectivity index (χ1) is 13.3. The molecule has 0 amide bonds. The zero-order chi connectivity index (χ0) is 20.4. The molecule has 3 N–H and O–H groups in total. The number of fused-ring (bicyclic) bond motifs is 1.